The highest BCUT2D eigenvalue weighted by atomic mass is 16.3. The Morgan fingerprint density at radius 2 is 1.81 bits per heavy atom. The summed E-state index contributed by atoms with van der Waals surface area (Å²) in [5.74, 6) is -0.186. The van der Waals surface area contributed by atoms with Crippen LogP contribution >= 0.6 is 0 Å². The molecule has 0 aliphatic carbocycles. The van der Waals surface area contributed by atoms with Crippen LogP contribution in [-0.4, -0.2) is 22.8 Å². The fourth-order valence-electron chi connectivity index (χ4n) is 2.60. The van der Waals surface area contributed by atoms with Crippen LogP contribution in [-0.2, 0) is 6.42 Å². The van der Waals surface area contributed by atoms with Gasteiger partial charge >= 0.3 is 6.03 Å². The number of anilines is 2. The molecule has 1 aliphatic heterocycles. The Bertz CT molecular complexity index is 665. The topological polar surface area (TPSA) is 72.8 Å². The van der Waals surface area contributed by atoms with Crippen LogP contribution in [0.4, 0.5) is 16.2 Å². The molecule has 0 atom stereocenters. The number of fused-ring (bicyclic) bond motifs is 1. The van der Waals surface area contributed by atoms with Crippen LogP contribution in [0.25, 0.3) is 0 Å². The first kappa shape index (κ1) is 13.3. The highest BCUT2D eigenvalue weighted by Gasteiger charge is 2.22. The average Bonchev–Trinajstić information content (AvgIpc) is 2.45. The fourth-order valence-corrected chi connectivity index (χ4v) is 2.60. The van der Waals surface area contributed by atoms with Gasteiger partial charge in [-0.05, 0) is 24.5 Å². The molecule has 3 N–H and O–H groups in total. The number of phenolic OH excluding ortho intramolecular Hbond substituents is 2. The van der Waals surface area contributed by atoms with Gasteiger partial charge < -0.3 is 15.5 Å². The summed E-state index contributed by atoms with van der Waals surface area (Å²) < 4.78 is 0. The van der Waals surface area contributed by atoms with Crippen LogP contribution in [0.5, 0.6) is 11.5 Å². The first-order chi connectivity index (χ1) is 10.1. The summed E-state index contributed by atoms with van der Waals surface area (Å²) in [6.45, 7) is 0.646. The van der Waals surface area contributed by atoms with Crippen LogP contribution in [0.1, 0.15) is 12.0 Å². The molecule has 0 spiro atoms. The molecular weight excluding hydrogens is 268 g/mol. The fraction of sp³-hybridized carbons (Fsp3) is 0.188. The largest absolute Gasteiger partial charge is 0.508 e. The number of carbonyl (C=O) groups excluding carboxylic acids is 1. The van der Waals surface area contributed by atoms with E-state index >= 15 is 0 Å². The van der Waals surface area contributed by atoms with Gasteiger partial charge in [0.15, 0.2) is 0 Å². The van der Waals surface area contributed by atoms with Gasteiger partial charge in [0.2, 0.25) is 0 Å². The molecule has 2 aromatic carbocycles. The number of hydrogen-bond donors (Lipinski definition) is 3. The number of nitrogens with one attached hydrogen (secondary N) is 1. The second-order valence-electron chi connectivity index (χ2n) is 5.05. The predicted molar refractivity (Wildman–Crippen MR) is 80.9 cm³/mol. The Morgan fingerprint density at radius 3 is 2.57 bits per heavy atom. The Labute approximate surface area is 122 Å². The van der Waals surface area contributed by atoms with Crippen molar-refractivity contribution in [3.05, 3.63) is 48.0 Å². The van der Waals surface area contributed by atoms with E-state index in [0.717, 1.165) is 24.1 Å². The van der Waals surface area contributed by atoms with Gasteiger partial charge in [-0.3, -0.25) is 4.90 Å². The molecule has 1 aliphatic rings. The molecule has 5 nitrogen and oxygen atoms in total. The summed E-state index contributed by atoms with van der Waals surface area (Å²) in [5.41, 5.74) is 2.42. The smallest absolute Gasteiger partial charge is 0.326 e. The first-order valence-corrected chi connectivity index (χ1v) is 6.83. The molecule has 3 rings (SSSR count). The minimum atomic E-state index is -0.271. The van der Waals surface area contributed by atoms with Gasteiger partial charge in [-0.15, -0.1) is 0 Å². The zero-order valence-electron chi connectivity index (χ0n) is 11.4. The second kappa shape index (κ2) is 5.36. The van der Waals surface area contributed by atoms with Gasteiger partial charge in [0.1, 0.15) is 11.5 Å². The van der Waals surface area contributed by atoms with E-state index in [-0.39, 0.29) is 17.5 Å². The molecule has 108 valence electrons. The van der Waals surface area contributed by atoms with Gasteiger partial charge in [0.05, 0.1) is 0 Å². The van der Waals surface area contributed by atoms with E-state index in [4.69, 9.17) is 0 Å². The predicted octanol–water partition coefficient (Wildman–Crippen LogP) is 3.08. The minimum absolute atomic E-state index is 0.0932. The van der Waals surface area contributed by atoms with E-state index in [1.165, 1.54) is 18.2 Å². The summed E-state index contributed by atoms with van der Waals surface area (Å²) in [6.07, 6.45) is 1.88. The van der Waals surface area contributed by atoms with Gasteiger partial charge in [-0.2, -0.15) is 0 Å². The van der Waals surface area contributed by atoms with Crippen molar-refractivity contribution in [2.45, 2.75) is 12.8 Å². The lowest BCUT2D eigenvalue weighted by Crippen LogP contribution is -2.38. The van der Waals surface area contributed by atoms with Gasteiger partial charge in [0, 0.05) is 36.1 Å². The Hall–Kier alpha value is -2.69. The third-order valence-corrected chi connectivity index (χ3v) is 3.51. The van der Waals surface area contributed by atoms with Crippen molar-refractivity contribution in [1.82, 2.24) is 0 Å². The molecule has 0 aromatic heterocycles. The molecule has 21 heavy (non-hydrogen) atoms. The van der Waals surface area contributed by atoms with E-state index in [9.17, 15) is 15.0 Å². The molecule has 0 saturated carbocycles. The van der Waals surface area contributed by atoms with Crippen molar-refractivity contribution in [1.29, 1.82) is 0 Å². The molecule has 0 fully saturated rings. The van der Waals surface area contributed by atoms with Crippen LogP contribution in [0.2, 0.25) is 0 Å². The lowest BCUT2D eigenvalue weighted by atomic mass is 10.0. The van der Waals surface area contributed by atoms with Crippen molar-refractivity contribution in [2.24, 2.45) is 0 Å². The lowest BCUT2D eigenvalue weighted by molar-refractivity contribution is 0.256. The van der Waals surface area contributed by atoms with Crippen LogP contribution in [0, 0.1) is 0 Å². The van der Waals surface area contributed by atoms with Crippen molar-refractivity contribution in [2.75, 3.05) is 16.8 Å². The van der Waals surface area contributed by atoms with E-state index in [2.05, 4.69) is 5.32 Å². The Morgan fingerprint density at radius 1 is 1.10 bits per heavy atom. The quantitative estimate of drug-likeness (QED) is 0.753. The van der Waals surface area contributed by atoms with Gasteiger partial charge in [-0.1, -0.05) is 18.2 Å². The monoisotopic (exact) mass is 284 g/mol. The lowest BCUT2D eigenvalue weighted by Gasteiger charge is -2.29. The maximum Gasteiger partial charge on any atom is 0.326 e. The normalized spacial score (nSPS) is 13.6. The van der Waals surface area contributed by atoms with Crippen LogP contribution < -0.4 is 10.2 Å². The maximum absolute atomic E-state index is 12.4. The highest BCUT2D eigenvalue weighted by molar-refractivity contribution is 6.02. The number of hydrogen-bond acceptors (Lipinski definition) is 3. The molecule has 0 radical (unpaired) electrons. The van der Waals surface area contributed by atoms with Gasteiger partial charge in [0.25, 0.3) is 0 Å². The molecule has 0 bridgehead atoms. The second-order valence-corrected chi connectivity index (χ2v) is 5.05. The van der Waals surface area contributed by atoms with E-state index in [0.29, 0.717) is 12.2 Å². The molecule has 1 heterocycles. The number of urea groups is 1. The number of aromatic hydroxyl groups is 2. The van der Waals surface area contributed by atoms with E-state index in [1.807, 2.05) is 24.3 Å². The van der Waals surface area contributed by atoms with Crippen LogP contribution in [0.15, 0.2) is 42.5 Å². The first-order valence-electron chi connectivity index (χ1n) is 6.83. The molecule has 5 heteroatoms. The maximum atomic E-state index is 12.4. The zero-order valence-corrected chi connectivity index (χ0v) is 11.4. The summed E-state index contributed by atoms with van der Waals surface area (Å²) in [7, 11) is 0. The Balaban J connectivity index is 1.83. The minimum Gasteiger partial charge on any atom is -0.508 e. The van der Waals surface area contributed by atoms with Crippen molar-refractivity contribution < 1.29 is 15.0 Å². The molecule has 2 aromatic rings. The highest BCUT2D eigenvalue weighted by Crippen LogP contribution is 2.28. The van der Waals surface area contributed by atoms with Crippen molar-refractivity contribution in [3.8, 4) is 11.5 Å². The summed E-state index contributed by atoms with van der Waals surface area (Å²) in [4.78, 5) is 14.1. The summed E-state index contributed by atoms with van der Waals surface area (Å²) >= 11 is 0. The number of rotatable bonds is 1. The van der Waals surface area contributed by atoms with E-state index in [1.54, 1.807) is 4.90 Å². The molecular formula is C16H16N2O3. The zero-order chi connectivity index (χ0) is 14.8. The number of benzene rings is 2. The van der Waals surface area contributed by atoms with Crippen molar-refractivity contribution >= 4 is 17.4 Å². The summed E-state index contributed by atoms with van der Waals surface area (Å²) in [6, 6.07) is 11.6. The molecule has 0 saturated heterocycles. The summed E-state index contributed by atoms with van der Waals surface area (Å²) in [5, 5.41) is 21.6. The standard InChI is InChI=1S/C16H16N2O3/c19-13-8-12(9-14(20)10-13)17-16(21)18-7-3-5-11-4-1-2-6-15(11)18/h1-2,4,6,8-10,19-20H,3,5,7H2,(H,17,21). The molecule has 0 unspecified atom stereocenters. The Kier molecular flexibility index (Phi) is 3.39. The van der Waals surface area contributed by atoms with Crippen LogP contribution in [0.3, 0.4) is 0 Å². The number of nitrogens with zero attached hydrogens (tertiary/aromatic N) is 1. The number of carbonyl (C=O) groups is 1. The average molecular weight is 284 g/mol. The third-order valence-electron chi connectivity index (χ3n) is 3.51. The number of amides is 2. The molecule has 2 amide bonds. The number of aryl methyl sites for hydroxylation is 1. The third kappa shape index (κ3) is 2.76. The number of para-hydroxylation sites is 1. The SMILES string of the molecule is O=C(Nc1cc(O)cc(O)c1)N1CCCc2ccccc21. The number of phenols is 2. The van der Waals surface area contributed by atoms with E-state index < -0.39 is 0 Å². The van der Waals surface area contributed by atoms with Crippen molar-refractivity contribution in [3.63, 3.8) is 0 Å². The van der Waals surface area contributed by atoms with Gasteiger partial charge in [-0.25, -0.2) is 4.79 Å².